The Hall–Kier alpha value is -1.55. The minimum Gasteiger partial charge on any atom is -0.491 e. The highest BCUT2D eigenvalue weighted by Gasteiger charge is 2.39. The SMILES string of the molecule is COC(=O)Cc1ccccc1OCC1(N)CC1. The molecular formula is C13H17NO3. The van der Waals surface area contributed by atoms with Crippen molar-refractivity contribution in [2.24, 2.45) is 5.73 Å². The van der Waals surface area contributed by atoms with Crippen LogP contribution in [0.25, 0.3) is 0 Å². The van der Waals surface area contributed by atoms with Crippen molar-refractivity contribution in [2.75, 3.05) is 13.7 Å². The molecule has 0 radical (unpaired) electrons. The van der Waals surface area contributed by atoms with Gasteiger partial charge in [0.1, 0.15) is 12.4 Å². The van der Waals surface area contributed by atoms with E-state index in [1.54, 1.807) is 0 Å². The van der Waals surface area contributed by atoms with Crippen molar-refractivity contribution >= 4 is 5.97 Å². The summed E-state index contributed by atoms with van der Waals surface area (Å²) in [5.74, 6) is 0.449. The van der Waals surface area contributed by atoms with Gasteiger partial charge in [0.25, 0.3) is 0 Å². The number of rotatable bonds is 5. The van der Waals surface area contributed by atoms with Crippen LogP contribution in [0.2, 0.25) is 0 Å². The fourth-order valence-electron chi connectivity index (χ4n) is 1.54. The molecule has 1 fully saturated rings. The number of esters is 1. The number of methoxy groups -OCH3 is 1. The van der Waals surface area contributed by atoms with Crippen LogP contribution < -0.4 is 10.5 Å². The van der Waals surface area contributed by atoms with Crippen molar-refractivity contribution < 1.29 is 14.3 Å². The number of carbonyl (C=O) groups excluding carboxylic acids is 1. The molecule has 2 rings (SSSR count). The van der Waals surface area contributed by atoms with Gasteiger partial charge in [-0.05, 0) is 18.9 Å². The lowest BCUT2D eigenvalue weighted by Crippen LogP contribution is -2.30. The van der Waals surface area contributed by atoms with E-state index in [-0.39, 0.29) is 17.9 Å². The third-order valence-electron chi connectivity index (χ3n) is 2.94. The van der Waals surface area contributed by atoms with Crippen LogP contribution in [0.3, 0.4) is 0 Å². The summed E-state index contributed by atoms with van der Waals surface area (Å²) in [5.41, 5.74) is 6.64. The first kappa shape index (κ1) is 11.9. The summed E-state index contributed by atoms with van der Waals surface area (Å²) < 4.78 is 10.3. The summed E-state index contributed by atoms with van der Waals surface area (Å²) in [6.07, 6.45) is 2.24. The number of carbonyl (C=O) groups is 1. The van der Waals surface area contributed by atoms with Crippen molar-refractivity contribution in [3.8, 4) is 5.75 Å². The van der Waals surface area contributed by atoms with Gasteiger partial charge in [-0.15, -0.1) is 0 Å². The van der Waals surface area contributed by atoms with Crippen molar-refractivity contribution in [3.63, 3.8) is 0 Å². The van der Waals surface area contributed by atoms with Gasteiger partial charge in [-0.1, -0.05) is 18.2 Å². The topological polar surface area (TPSA) is 61.5 Å². The third kappa shape index (κ3) is 3.20. The number of benzene rings is 1. The molecule has 2 N–H and O–H groups in total. The second kappa shape index (κ2) is 4.75. The van der Waals surface area contributed by atoms with Crippen LogP contribution >= 0.6 is 0 Å². The molecule has 1 saturated carbocycles. The van der Waals surface area contributed by atoms with Crippen LogP contribution in [0.1, 0.15) is 18.4 Å². The number of ether oxygens (including phenoxy) is 2. The predicted molar refractivity (Wildman–Crippen MR) is 63.8 cm³/mol. The average molecular weight is 235 g/mol. The zero-order valence-electron chi connectivity index (χ0n) is 9.94. The number of hydrogen-bond donors (Lipinski definition) is 1. The predicted octanol–water partition coefficient (Wildman–Crippen LogP) is 1.27. The first-order chi connectivity index (χ1) is 8.13. The van der Waals surface area contributed by atoms with Crippen molar-refractivity contribution in [3.05, 3.63) is 29.8 Å². The largest absolute Gasteiger partial charge is 0.491 e. The van der Waals surface area contributed by atoms with Crippen LogP contribution in [0.4, 0.5) is 0 Å². The number of nitrogens with two attached hydrogens (primary N) is 1. The van der Waals surface area contributed by atoms with Crippen LogP contribution in [-0.2, 0) is 16.0 Å². The van der Waals surface area contributed by atoms with E-state index >= 15 is 0 Å². The average Bonchev–Trinajstić information content (AvgIpc) is 3.07. The molecule has 0 aliphatic heterocycles. The number of hydrogen-bond acceptors (Lipinski definition) is 4. The fourth-order valence-corrected chi connectivity index (χ4v) is 1.54. The Morgan fingerprint density at radius 3 is 2.76 bits per heavy atom. The van der Waals surface area contributed by atoms with Crippen molar-refractivity contribution in [2.45, 2.75) is 24.8 Å². The molecule has 1 aromatic carbocycles. The van der Waals surface area contributed by atoms with Crippen LogP contribution in [-0.4, -0.2) is 25.2 Å². The molecule has 0 saturated heterocycles. The van der Waals surface area contributed by atoms with E-state index in [0.29, 0.717) is 6.61 Å². The van der Waals surface area contributed by atoms with Crippen LogP contribution in [0.5, 0.6) is 5.75 Å². The van der Waals surface area contributed by atoms with Gasteiger partial charge in [-0.25, -0.2) is 0 Å². The Balaban J connectivity index is 2.01. The smallest absolute Gasteiger partial charge is 0.310 e. The molecule has 4 nitrogen and oxygen atoms in total. The lowest BCUT2D eigenvalue weighted by atomic mass is 10.1. The molecule has 1 aliphatic rings. The van der Waals surface area contributed by atoms with E-state index in [9.17, 15) is 4.79 Å². The summed E-state index contributed by atoms with van der Waals surface area (Å²) in [7, 11) is 1.38. The Bertz CT molecular complexity index is 413. The Kier molecular flexibility index (Phi) is 3.33. The maximum absolute atomic E-state index is 11.2. The van der Waals surface area contributed by atoms with E-state index in [1.807, 2.05) is 24.3 Å². The standard InChI is InChI=1S/C13H17NO3/c1-16-12(15)8-10-4-2-3-5-11(10)17-9-13(14)6-7-13/h2-5H,6-9,14H2,1H3. The fraction of sp³-hybridized carbons (Fsp3) is 0.462. The van der Waals surface area contributed by atoms with Gasteiger partial charge >= 0.3 is 5.97 Å². The summed E-state index contributed by atoms with van der Waals surface area (Å²) in [5, 5.41) is 0. The monoisotopic (exact) mass is 235 g/mol. The van der Waals surface area contributed by atoms with Gasteiger partial charge in [-0.2, -0.15) is 0 Å². The maximum atomic E-state index is 11.2. The normalized spacial score (nSPS) is 16.4. The molecular weight excluding hydrogens is 218 g/mol. The zero-order valence-corrected chi connectivity index (χ0v) is 9.94. The van der Waals surface area contributed by atoms with Crippen LogP contribution in [0, 0.1) is 0 Å². The van der Waals surface area contributed by atoms with Gasteiger partial charge in [0.15, 0.2) is 0 Å². The molecule has 1 aliphatic carbocycles. The lowest BCUT2D eigenvalue weighted by Gasteiger charge is -2.14. The van der Waals surface area contributed by atoms with E-state index in [2.05, 4.69) is 4.74 Å². The molecule has 0 bridgehead atoms. The second-order valence-corrected chi connectivity index (χ2v) is 4.51. The Labute approximate surface area is 101 Å². The first-order valence-electron chi connectivity index (χ1n) is 5.69. The summed E-state index contributed by atoms with van der Waals surface area (Å²) in [6.45, 7) is 0.505. The van der Waals surface area contributed by atoms with Crippen molar-refractivity contribution in [1.82, 2.24) is 0 Å². The lowest BCUT2D eigenvalue weighted by molar-refractivity contribution is -0.139. The van der Waals surface area contributed by atoms with Gasteiger partial charge < -0.3 is 15.2 Å². The molecule has 92 valence electrons. The molecule has 0 amide bonds. The van der Waals surface area contributed by atoms with Crippen LogP contribution in [0.15, 0.2) is 24.3 Å². The molecule has 0 spiro atoms. The third-order valence-corrected chi connectivity index (χ3v) is 2.94. The molecule has 0 heterocycles. The summed E-state index contributed by atoms with van der Waals surface area (Å²) in [4.78, 5) is 11.2. The van der Waals surface area contributed by atoms with Gasteiger partial charge in [0.05, 0.1) is 19.1 Å². The highest BCUT2D eigenvalue weighted by atomic mass is 16.5. The highest BCUT2D eigenvalue weighted by Crippen LogP contribution is 2.33. The molecule has 1 aromatic rings. The molecule has 4 heteroatoms. The first-order valence-corrected chi connectivity index (χ1v) is 5.69. The molecule has 0 unspecified atom stereocenters. The maximum Gasteiger partial charge on any atom is 0.310 e. The molecule has 0 aromatic heterocycles. The highest BCUT2D eigenvalue weighted by molar-refractivity contribution is 5.73. The second-order valence-electron chi connectivity index (χ2n) is 4.51. The van der Waals surface area contributed by atoms with E-state index in [4.69, 9.17) is 10.5 Å². The minimum atomic E-state index is -0.269. The summed E-state index contributed by atoms with van der Waals surface area (Å²) in [6, 6.07) is 7.47. The molecule has 17 heavy (non-hydrogen) atoms. The van der Waals surface area contributed by atoms with Gasteiger partial charge in [0, 0.05) is 5.56 Å². The van der Waals surface area contributed by atoms with E-state index < -0.39 is 0 Å². The molecule has 0 atom stereocenters. The minimum absolute atomic E-state index is 0.154. The number of para-hydroxylation sites is 1. The Morgan fingerprint density at radius 1 is 1.41 bits per heavy atom. The Morgan fingerprint density at radius 2 is 2.12 bits per heavy atom. The van der Waals surface area contributed by atoms with Gasteiger partial charge in [-0.3, -0.25) is 4.79 Å². The quantitative estimate of drug-likeness (QED) is 0.781. The van der Waals surface area contributed by atoms with E-state index in [0.717, 1.165) is 24.2 Å². The summed E-state index contributed by atoms with van der Waals surface area (Å²) >= 11 is 0. The van der Waals surface area contributed by atoms with Gasteiger partial charge in [0.2, 0.25) is 0 Å². The van der Waals surface area contributed by atoms with Crippen molar-refractivity contribution in [1.29, 1.82) is 0 Å². The zero-order chi connectivity index (χ0) is 12.3. The van der Waals surface area contributed by atoms with E-state index in [1.165, 1.54) is 7.11 Å².